The number of aliphatic hydroxyl groups excluding tert-OH is 1. The van der Waals surface area contributed by atoms with Crippen LogP contribution in [-0.4, -0.2) is 82.0 Å². The molecule has 11 heteroatoms. The summed E-state index contributed by atoms with van der Waals surface area (Å²) in [7, 11) is 0. The average molecular weight is 609 g/mol. The summed E-state index contributed by atoms with van der Waals surface area (Å²) in [6.07, 6.45) is 5.09. The number of carboxylic acid groups (broad SMARTS) is 1. The second kappa shape index (κ2) is 15.1. The molecular formula is C33H44N4O7. The Morgan fingerprint density at radius 2 is 1.61 bits per heavy atom. The number of hydrogen-bond acceptors (Lipinski definition) is 6. The molecule has 0 spiro atoms. The molecule has 1 aliphatic carbocycles. The molecule has 0 radical (unpaired) electrons. The molecule has 1 saturated carbocycles. The van der Waals surface area contributed by atoms with E-state index in [2.05, 4.69) is 16.0 Å². The van der Waals surface area contributed by atoms with Crippen LogP contribution < -0.4 is 16.0 Å². The Morgan fingerprint density at radius 3 is 2.30 bits per heavy atom. The second-order valence-corrected chi connectivity index (χ2v) is 12.4. The number of aliphatic hydroxyl groups is 1. The Balaban J connectivity index is 1.49. The van der Waals surface area contributed by atoms with Crippen molar-refractivity contribution in [2.24, 2.45) is 11.8 Å². The molecule has 5 N–H and O–H groups in total. The standard InChI is InChI=1S/C33H44N4O7/c1-20(2)28(29(40)32(43)34-19-27(38)39)36-31(42)26-13-8-16-37(26)33(44)25(17-21-9-4-3-5-10-21)35-30(41)24-15-14-22-11-6-7-12-23(22)18-24/h6-7,11-12,14-15,18,20-21,25-26,28-29,40H,3-5,8-10,13,16-17,19H2,1-2H3,(H,34,43)(H,35,41)(H,36,42)(H,38,39)/t25?,26-,28?,29?/m0/s1. The van der Waals surface area contributed by atoms with Crippen LogP contribution in [0.25, 0.3) is 10.8 Å². The lowest BCUT2D eigenvalue weighted by Gasteiger charge is -2.33. The topological polar surface area (TPSA) is 165 Å². The van der Waals surface area contributed by atoms with Gasteiger partial charge in [0.25, 0.3) is 11.8 Å². The first-order valence-corrected chi connectivity index (χ1v) is 15.6. The predicted molar refractivity (Wildman–Crippen MR) is 165 cm³/mol. The van der Waals surface area contributed by atoms with E-state index < -0.39 is 48.6 Å². The van der Waals surface area contributed by atoms with E-state index in [0.29, 0.717) is 31.4 Å². The molecule has 238 valence electrons. The van der Waals surface area contributed by atoms with Crippen molar-refractivity contribution in [2.75, 3.05) is 13.1 Å². The van der Waals surface area contributed by atoms with Crippen LogP contribution in [0, 0.1) is 11.8 Å². The van der Waals surface area contributed by atoms with Gasteiger partial charge in [0, 0.05) is 12.1 Å². The van der Waals surface area contributed by atoms with Gasteiger partial charge in [0.1, 0.15) is 18.6 Å². The lowest BCUT2D eigenvalue weighted by molar-refractivity contribution is -0.142. The Labute approximate surface area is 257 Å². The van der Waals surface area contributed by atoms with E-state index >= 15 is 0 Å². The molecule has 4 rings (SSSR count). The SMILES string of the molecule is CC(C)C(NC(=O)[C@@H]1CCCN1C(=O)C(CC1CCCCC1)NC(=O)c1ccc2ccccc2c1)C(O)C(=O)NCC(=O)O. The van der Waals surface area contributed by atoms with Crippen molar-refractivity contribution in [3.05, 3.63) is 48.0 Å². The first kappa shape index (κ1) is 32.9. The third-order valence-corrected chi connectivity index (χ3v) is 8.80. The number of benzene rings is 2. The van der Waals surface area contributed by atoms with E-state index in [-0.39, 0.29) is 23.7 Å². The molecule has 2 fully saturated rings. The van der Waals surface area contributed by atoms with Crippen LogP contribution in [0.5, 0.6) is 0 Å². The van der Waals surface area contributed by atoms with Gasteiger partial charge in [0.15, 0.2) is 6.10 Å². The van der Waals surface area contributed by atoms with Gasteiger partial charge in [-0.1, -0.05) is 76.3 Å². The zero-order valence-corrected chi connectivity index (χ0v) is 25.5. The summed E-state index contributed by atoms with van der Waals surface area (Å²) >= 11 is 0. The third-order valence-electron chi connectivity index (χ3n) is 8.80. The number of carboxylic acids is 1. The van der Waals surface area contributed by atoms with Crippen LogP contribution in [-0.2, 0) is 19.2 Å². The highest BCUT2D eigenvalue weighted by Crippen LogP contribution is 2.29. The fraction of sp³-hybridized carbons (Fsp3) is 0.545. The summed E-state index contributed by atoms with van der Waals surface area (Å²) in [6, 6.07) is 10.5. The Hall–Kier alpha value is -3.99. The molecule has 2 aromatic carbocycles. The van der Waals surface area contributed by atoms with Crippen molar-refractivity contribution in [1.29, 1.82) is 0 Å². The Morgan fingerprint density at radius 1 is 0.909 bits per heavy atom. The highest BCUT2D eigenvalue weighted by Gasteiger charge is 2.40. The molecule has 2 aromatic rings. The Kier molecular flexibility index (Phi) is 11.3. The first-order valence-electron chi connectivity index (χ1n) is 15.6. The number of carbonyl (C=O) groups is 5. The lowest BCUT2D eigenvalue weighted by Crippen LogP contribution is -2.58. The van der Waals surface area contributed by atoms with Gasteiger partial charge in [-0.3, -0.25) is 24.0 Å². The van der Waals surface area contributed by atoms with Crippen LogP contribution in [0.15, 0.2) is 42.5 Å². The molecule has 1 saturated heterocycles. The van der Waals surface area contributed by atoms with Gasteiger partial charge in [0.2, 0.25) is 11.8 Å². The summed E-state index contributed by atoms with van der Waals surface area (Å²) in [5.41, 5.74) is 0.454. The predicted octanol–water partition coefficient (Wildman–Crippen LogP) is 2.60. The number of likely N-dealkylation sites (tertiary alicyclic amines) is 1. The molecule has 0 bridgehead atoms. The number of aliphatic carboxylic acids is 1. The third kappa shape index (κ3) is 8.34. The molecule has 2 aliphatic rings. The van der Waals surface area contributed by atoms with Gasteiger partial charge < -0.3 is 31.1 Å². The van der Waals surface area contributed by atoms with E-state index in [1.165, 1.54) is 4.90 Å². The van der Waals surface area contributed by atoms with Crippen LogP contribution >= 0.6 is 0 Å². The van der Waals surface area contributed by atoms with Gasteiger partial charge in [0.05, 0.1) is 6.04 Å². The highest BCUT2D eigenvalue weighted by atomic mass is 16.4. The van der Waals surface area contributed by atoms with Crippen LogP contribution in [0.3, 0.4) is 0 Å². The van der Waals surface area contributed by atoms with E-state index in [4.69, 9.17) is 5.11 Å². The highest BCUT2D eigenvalue weighted by molar-refractivity contribution is 6.01. The summed E-state index contributed by atoms with van der Waals surface area (Å²) in [5.74, 6) is -3.41. The molecular weight excluding hydrogens is 564 g/mol. The first-order chi connectivity index (χ1) is 21.0. The summed E-state index contributed by atoms with van der Waals surface area (Å²) < 4.78 is 0. The lowest BCUT2D eigenvalue weighted by atomic mass is 9.84. The minimum Gasteiger partial charge on any atom is -0.480 e. The molecule has 1 aliphatic heterocycles. The van der Waals surface area contributed by atoms with Gasteiger partial charge in [-0.25, -0.2) is 0 Å². The van der Waals surface area contributed by atoms with Gasteiger partial charge in [-0.2, -0.15) is 0 Å². The number of carbonyl (C=O) groups excluding carboxylic acids is 4. The summed E-state index contributed by atoms with van der Waals surface area (Å²) in [5, 5.41) is 29.3. The molecule has 44 heavy (non-hydrogen) atoms. The number of rotatable bonds is 12. The quantitative estimate of drug-likeness (QED) is 0.247. The fourth-order valence-electron chi connectivity index (χ4n) is 6.35. The number of nitrogens with zero attached hydrogens (tertiary/aromatic N) is 1. The molecule has 4 amide bonds. The second-order valence-electron chi connectivity index (χ2n) is 12.4. The van der Waals surface area contributed by atoms with Crippen molar-refractivity contribution in [3.63, 3.8) is 0 Å². The molecule has 1 heterocycles. The monoisotopic (exact) mass is 608 g/mol. The van der Waals surface area contributed by atoms with E-state index in [9.17, 15) is 29.1 Å². The van der Waals surface area contributed by atoms with Crippen molar-refractivity contribution in [2.45, 2.75) is 89.4 Å². The van der Waals surface area contributed by atoms with Gasteiger partial charge in [-0.05, 0) is 54.0 Å². The van der Waals surface area contributed by atoms with Crippen molar-refractivity contribution >= 4 is 40.4 Å². The van der Waals surface area contributed by atoms with Crippen LogP contribution in [0.1, 0.15) is 75.6 Å². The number of hydrogen-bond donors (Lipinski definition) is 5. The minimum absolute atomic E-state index is 0.286. The van der Waals surface area contributed by atoms with Crippen LogP contribution in [0.4, 0.5) is 0 Å². The zero-order valence-electron chi connectivity index (χ0n) is 25.5. The van der Waals surface area contributed by atoms with Crippen LogP contribution in [0.2, 0.25) is 0 Å². The number of amides is 4. The normalized spacial score (nSPS) is 19.3. The van der Waals surface area contributed by atoms with Gasteiger partial charge in [-0.15, -0.1) is 0 Å². The fourth-order valence-corrected chi connectivity index (χ4v) is 6.35. The minimum atomic E-state index is -1.68. The molecule has 11 nitrogen and oxygen atoms in total. The van der Waals surface area contributed by atoms with E-state index in [1.54, 1.807) is 19.9 Å². The van der Waals surface area contributed by atoms with Gasteiger partial charge >= 0.3 is 5.97 Å². The smallest absolute Gasteiger partial charge is 0.322 e. The maximum absolute atomic E-state index is 14.1. The van der Waals surface area contributed by atoms with E-state index in [1.807, 2.05) is 36.4 Å². The largest absolute Gasteiger partial charge is 0.480 e. The summed E-state index contributed by atoms with van der Waals surface area (Å²) in [4.78, 5) is 65.8. The molecule has 3 unspecified atom stereocenters. The average Bonchev–Trinajstić information content (AvgIpc) is 3.51. The maximum atomic E-state index is 14.1. The van der Waals surface area contributed by atoms with Crippen molar-refractivity contribution in [1.82, 2.24) is 20.9 Å². The Bertz CT molecular complexity index is 1360. The molecule has 4 atom stereocenters. The number of fused-ring (bicyclic) bond motifs is 1. The van der Waals surface area contributed by atoms with Crippen molar-refractivity contribution < 1.29 is 34.2 Å². The van der Waals surface area contributed by atoms with E-state index in [0.717, 1.165) is 42.9 Å². The summed E-state index contributed by atoms with van der Waals surface area (Å²) in [6.45, 7) is 3.13. The zero-order chi connectivity index (χ0) is 31.8. The number of nitrogens with one attached hydrogen (secondary N) is 3. The maximum Gasteiger partial charge on any atom is 0.322 e. The van der Waals surface area contributed by atoms with Crippen molar-refractivity contribution in [3.8, 4) is 0 Å². The molecule has 0 aromatic heterocycles.